The molecule has 0 spiro atoms. The fraction of sp³-hybridized carbons (Fsp3) is 1.00. The highest BCUT2D eigenvalue weighted by molar-refractivity contribution is 4.63. The Bertz CT molecular complexity index is 119. The molecule has 0 radical (unpaired) electrons. The number of hydrogen-bond donors (Lipinski definition) is 1. The van der Waals surface area contributed by atoms with Gasteiger partial charge in [0.2, 0.25) is 0 Å². The van der Waals surface area contributed by atoms with Gasteiger partial charge in [-0.05, 0) is 34.2 Å². The van der Waals surface area contributed by atoms with Crippen LogP contribution >= 0.6 is 0 Å². The summed E-state index contributed by atoms with van der Waals surface area (Å²) >= 11 is 0. The highest BCUT2D eigenvalue weighted by Gasteiger charge is 2.10. The molecular weight excluding hydrogens is 166 g/mol. The van der Waals surface area contributed by atoms with Crippen LogP contribution in [0.15, 0.2) is 0 Å². The summed E-state index contributed by atoms with van der Waals surface area (Å²) in [5.41, 5.74) is 0. The van der Waals surface area contributed by atoms with Gasteiger partial charge >= 0.3 is 0 Å². The standard InChI is InChI=1S/C10H23NO2/c1-8(11-4)6-9(2)13-10(3)7-12-5/h8-11H,6-7H2,1-5H3. The lowest BCUT2D eigenvalue weighted by molar-refractivity contribution is -0.0362. The van der Waals surface area contributed by atoms with E-state index in [4.69, 9.17) is 9.47 Å². The Morgan fingerprint density at radius 1 is 1.15 bits per heavy atom. The lowest BCUT2D eigenvalue weighted by Gasteiger charge is -2.21. The van der Waals surface area contributed by atoms with Crippen LogP contribution in [0.2, 0.25) is 0 Å². The van der Waals surface area contributed by atoms with Crippen LogP contribution < -0.4 is 5.32 Å². The third-order valence-electron chi connectivity index (χ3n) is 2.04. The highest BCUT2D eigenvalue weighted by Crippen LogP contribution is 2.05. The highest BCUT2D eigenvalue weighted by atomic mass is 16.5. The summed E-state index contributed by atoms with van der Waals surface area (Å²) in [5, 5.41) is 3.19. The quantitative estimate of drug-likeness (QED) is 0.657. The SMILES string of the molecule is CNC(C)CC(C)OC(C)COC. The second-order valence-corrected chi connectivity index (χ2v) is 3.64. The van der Waals surface area contributed by atoms with E-state index in [0.29, 0.717) is 12.6 Å². The molecule has 0 aliphatic rings. The summed E-state index contributed by atoms with van der Waals surface area (Å²) in [7, 11) is 3.66. The first kappa shape index (κ1) is 12.9. The van der Waals surface area contributed by atoms with E-state index in [2.05, 4.69) is 19.2 Å². The van der Waals surface area contributed by atoms with Gasteiger partial charge in [-0.2, -0.15) is 0 Å². The van der Waals surface area contributed by atoms with Gasteiger partial charge in [0, 0.05) is 13.2 Å². The average Bonchev–Trinajstić information content (AvgIpc) is 2.04. The van der Waals surface area contributed by atoms with Crippen molar-refractivity contribution in [1.82, 2.24) is 5.32 Å². The van der Waals surface area contributed by atoms with Crippen LogP contribution in [-0.2, 0) is 9.47 Å². The van der Waals surface area contributed by atoms with Crippen molar-refractivity contribution >= 4 is 0 Å². The maximum absolute atomic E-state index is 5.70. The number of nitrogens with one attached hydrogen (secondary N) is 1. The van der Waals surface area contributed by atoms with Crippen LogP contribution in [0, 0.1) is 0 Å². The fourth-order valence-corrected chi connectivity index (χ4v) is 1.34. The third-order valence-corrected chi connectivity index (χ3v) is 2.04. The molecular formula is C10H23NO2. The van der Waals surface area contributed by atoms with Gasteiger partial charge in [-0.25, -0.2) is 0 Å². The zero-order valence-electron chi connectivity index (χ0n) is 9.46. The summed E-state index contributed by atoms with van der Waals surface area (Å²) in [6.45, 7) is 6.95. The van der Waals surface area contributed by atoms with Crippen LogP contribution in [-0.4, -0.2) is 39.0 Å². The van der Waals surface area contributed by atoms with Gasteiger partial charge in [0.15, 0.2) is 0 Å². The van der Waals surface area contributed by atoms with E-state index in [1.807, 2.05) is 14.0 Å². The normalized spacial score (nSPS) is 18.2. The van der Waals surface area contributed by atoms with Gasteiger partial charge in [0.1, 0.15) is 0 Å². The Morgan fingerprint density at radius 2 is 1.77 bits per heavy atom. The second-order valence-electron chi connectivity index (χ2n) is 3.64. The molecule has 3 atom stereocenters. The van der Waals surface area contributed by atoms with Gasteiger partial charge in [-0.3, -0.25) is 0 Å². The summed E-state index contributed by atoms with van der Waals surface area (Å²) in [4.78, 5) is 0. The Labute approximate surface area is 81.8 Å². The number of hydrogen-bond acceptors (Lipinski definition) is 3. The lowest BCUT2D eigenvalue weighted by atomic mass is 10.1. The maximum Gasteiger partial charge on any atom is 0.0783 e. The third kappa shape index (κ3) is 6.99. The second kappa shape index (κ2) is 7.30. The van der Waals surface area contributed by atoms with Gasteiger partial charge in [0.05, 0.1) is 18.8 Å². The average molecular weight is 189 g/mol. The van der Waals surface area contributed by atoms with Crippen LogP contribution in [0.1, 0.15) is 27.2 Å². The van der Waals surface area contributed by atoms with E-state index in [1.54, 1.807) is 7.11 Å². The molecule has 0 fully saturated rings. The minimum Gasteiger partial charge on any atom is -0.382 e. The van der Waals surface area contributed by atoms with Crippen molar-refractivity contribution < 1.29 is 9.47 Å². The smallest absolute Gasteiger partial charge is 0.0783 e. The van der Waals surface area contributed by atoms with E-state index < -0.39 is 0 Å². The first-order valence-corrected chi connectivity index (χ1v) is 4.91. The van der Waals surface area contributed by atoms with Crippen molar-refractivity contribution in [3.05, 3.63) is 0 Å². The number of rotatable bonds is 7. The molecule has 0 aromatic rings. The summed E-state index contributed by atoms with van der Waals surface area (Å²) in [5.74, 6) is 0. The monoisotopic (exact) mass is 189 g/mol. The summed E-state index contributed by atoms with van der Waals surface area (Å²) in [6, 6.07) is 0.504. The maximum atomic E-state index is 5.70. The largest absolute Gasteiger partial charge is 0.382 e. The molecule has 1 N–H and O–H groups in total. The van der Waals surface area contributed by atoms with Crippen molar-refractivity contribution in [1.29, 1.82) is 0 Å². The fourth-order valence-electron chi connectivity index (χ4n) is 1.34. The molecule has 0 aromatic carbocycles. The van der Waals surface area contributed by atoms with Crippen molar-refractivity contribution in [2.75, 3.05) is 20.8 Å². The summed E-state index contributed by atoms with van der Waals surface area (Å²) in [6.07, 6.45) is 1.50. The zero-order valence-corrected chi connectivity index (χ0v) is 9.46. The topological polar surface area (TPSA) is 30.5 Å². The Kier molecular flexibility index (Phi) is 7.23. The molecule has 0 saturated carbocycles. The molecule has 0 bridgehead atoms. The molecule has 0 heterocycles. The molecule has 3 nitrogen and oxygen atoms in total. The van der Waals surface area contributed by atoms with E-state index in [0.717, 1.165) is 6.42 Å². The molecule has 0 aliphatic carbocycles. The van der Waals surface area contributed by atoms with Gasteiger partial charge in [-0.15, -0.1) is 0 Å². The van der Waals surface area contributed by atoms with Crippen molar-refractivity contribution in [3.63, 3.8) is 0 Å². The van der Waals surface area contributed by atoms with E-state index in [9.17, 15) is 0 Å². The Balaban J connectivity index is 3.54. The molecule has 13 heavy (non-hydrogen) atoms. The predicted molar refractivity (Wildman–Crippen MR) is 55.0 cm³/mol. The minimum atomic E-state index is 0.184. The first-order valence-electron chi connectivity index (χ1n) is 4.91. The molecule has 0 rings (SSSR count). The Morgan fingerprint density at radius 3 is 2.23 bits per heavy atom. The van der Waals surface area contributed by atoms with Crippen LogP contribution in [0.25, 0.3) is 0 Å². The van der Waals surface area contributed by atoms with E-state index in [-0.39, 0.29) is 12.2 Å². The van der Waals surface area contributed by atoms with Crippen LogP contribution in [0.4, 0.5) is 0 Å². The van der Waals surface area contributed by atoms with Gasteiger partial charge < -0.3 is 14.8 Å². The lowest BCUT2D eigenvalue weighted by Crippen LogP contribution is -2.29. The van der Waals surface area contributed by atoms with Crippen LogP contribution in [0.5, 0.6) is 0 Å². The van der Waals surface area contributed by atoms with Crippen molar-refractivity contribution in [2.24, 2.45) is 0 Å². The van der Waals surface area contributed by atoms with Crippen LogP contribution in [0.3, 0.4) is 0 Å². The molecule has 80 valence electrons. The van der Waals surface area contributed by atoms with Crippen molar-refractivity contribution in [2.45, 2.75) is 45.4 Å². The molecule has 3 heteroatoms. The van der Waals surface area contributed by atoms with E-state index >= 15 is 0 Å². The number of ether oxygens (including phenoxy) is 2. The van der Waals surface area contributed by atoms with Gasteiger partial charge in [0.25, 0.3) is 0 Å². The molecule has 0 saturated heterocycles. The summed E-state index contributed by atoms with van der Waals surface area (Å²) < 4.78 is 10.7. The predicted octanol–water partition coefficient (Wildman–Crippen LogP) is 1.42. The minimum absolute atomic E-state index is 0.184. The molecule has 0 aromatic heterocycles. The Hall–Kier alpha value is -0.120. The molecule has 3 unspecified atom stereocenters. The molecule has 0 amide bonds. The zero-order chi connectivity index (χ0) is 10.3. The van der Waals surface area contributed by atoms with E-state index in [1.165, 1.54) is 0 Å². The first-order chi connectivity index (χ1) is 6.10. The van der Waals surface area contributed by atoms with Gasteiger partial charge in [-0.1, -0.05) is 0 Å². The van der Waals surface area contributed by atoms with Crippen molar-refractivity contribution in [3.8, 4) is 0 Å². The number of methoxy groups -OCH3 is 1. The molecule has 0 aliphatic heterocycles.